The van der Waals surface area contributed by atoms with Crippen LogP contribution in [0.15, 0.2) is 36.4 Å². The molecular formula is C19H21ClN2O2. The third kappa shape index (κ3) is 3.25. The van der Waals surface area contributed by atoms with E-state index in [2.05, 4.69) is 5.32 Å². The Hall–Kier alpha value is -2.04. The molecule has 126 valence electrons. The molecule has 0 saturated heterocycles. The number of halogens is 1. The molecule has 0 aliphatic carbocycles. The van der Waals surface area contributed by atoms with Crippen LogP contribution in [0.2, 0.25) is 5.02 Å². The van der Waals surface area contributed by atoms with E-state index in [4.69, 9.17) is 22.1 Å². The molecule has 0 bridgehead atoms. The minimum Gasteiger partial charge on any atom is -0.487 e. The summed E-state index contributed by atoms with van der Waals surface area (Å²) in [4.78, 5) is 12.5. The van der Waals surface area contributed by atoms with Crippen LogP contribution in [0.4, 0.5) is 0 Å². The fourth-order valence-electron chi connectivity index (χ4n) is 2.95. The highest BCUT2D eigenvalue weighted by atomic mass is 35.5. The smallest absolute Gasteiger partial charge is 0.252 e. The van der Waals surface area contributed by atoms with Crippen molar-refractivity contribution >= 4 is 17.5 Å². The van der Waals surface area contributed by atoms with Crippen LogP contribution in [0.3, 0.4) is 0 Å². The van der Waals surface area contributed by atoms with Crippen molar-refractivity contribution in [1.82, 2.24) is 5.32 Å². The van der Waals surface area contributed by atoms with Crippen LogP contribution in [-0.2, 0) is 6.42 Å². The lowest BCUT2D eigenvalue weighted by molar-refractivity contribution is 0.0944. The molecule has 4 nitrogen and oxygen atoms in total. The van der Waals surface area contributed by atoms with E-state index in [-0.39, 0.29) is 18.1 Å². The summed E-state index contributed by atoms with van der Waals surface area (Å²) in [5.74, 6) is 0.619. The third-order valence-corrected chi connectivity index (χ3v) is 4.30. The van der Waals surface area contributed by atoms with Crippen molar-refractivity contribution in [2.75, 3.05) is 6.54 Å². The third-order valence-electron chi connectivity index (χ3n) is 4.02. The van der Waals surface area contributed by atoms with Gasteiger partial charge in [0.05, 0.1) is 5.02 Å². The Morgan fingerprint density at radius 1 is 1.38 bits per heavy atom. The van der Waals surface area contributed by atoms with Crippen LogP contribution in [0.25, 0.3) is 11.1 Å². The maximum absolute atomic E-state index is 12.5. The summed E-state index contributed by atoms with van der Waals surface area (Å²) in [7, 11) is 0. The molecule has 0 fully saturated rings. The minimum atomic E-state index is -0.0895. The number of benzene rings is 2. The van der Waals surface area contributed by atoms with Gasteiger partial charge in [-0.15, -0.1) is 0 Å². The topological polar surface area (TPSA) is 64.4 Å². The number of rotatable bonds is 4. The largest absolute Gasteiger partial charge is 0.487 e. The summed E-state index contributed by atoms with van der Waals surface area (Å²) in [5, 5.41) is 3.49. The van der Waals surface area contributed by atoms with Gasteiger partial charge < -0.3 is 15.8 Å². The molecule has 1 atom stereocenters. The molecule has 0 radical (unpaired) electrons. The molecule has 1 aliphatic heterocycles. The van der Waals surface area contributed by atoms with Crippen LogP contribution in [0.5, 0.6) is 5.75 Å². The highest BCUT2D eigenvalue weighted by molar-refractivity contribution is 6.32. The first kappa shape index (κ1) is 16.8. The Labute approximate surface area is 147 Å². The lowest BCUT2D eigenvalue weighted by Gasteiger charge is -2.13. The summed E-state index contributed by atoms with van der Waals surface area (Å²) in [6.07, 6.45) is 0.701. The lowest BCUT2D eigenvalue weighted by Crippen LogP contribution is -2.30. The van der Waals surface area contributed by atoms with Gasteiger partial charge in [0.25, 0.3) is 5.91 Å². The maximum Gasteiger partial charge on any atom is 0.252 e. The van der Waals surface area contributed by atoms with E-state index < -0.39 is 0 Å². The Bertz CT molecular complexity index is 774. The molecule has 5 heteroatoms. The second kappa shape index (κ2) is 6.83. The number of carbonyl (C=O) groups is 1. The van der Waals surface area contributed by atoms with Crippen molar-refractivity contribution in [1.29, 1.82) is 0 Å². The Balaban J connectivity index is 2.02. The predicted molar refractivity (Wildman–Crippen MR) is 96.7 cm³/mol. The Morgan fingerprint density at radius 2 is 2.12 bits per heavy atom. The van der Waals surface area contributed by atoms with Crippen molar-refractivity contribution in [3.05, 3.63) is 52.5 Å². The molecule has 1 aliphatic rings. The minimum absolute atomic E-state index is 0.0350. The molecule has 1 amide bonds. The molecule has 3 N–H and O–H groups in total. The van der Waals surface area contributed by atoms with Crippen molar-refractivity contribution in [2.45, 2.75) is 32.4 Å². The molecule has 0 unspecified atom stereocenters. The Kier molecular flexibility index (Phi) is 4.78. The number of nitrogens with one attached hydrogen (secondary N) is 1. The van der Waals surface area contributed by atoms with Gasteiger partial charge >= 0.3 is 0 Å². The molecule has 3 rings (SSSR count). The van der Waals surface area contributed by atoms with Gasteiger partial charge in [-0.2, -0.15) is 0 Å². The number of fused-ring (bicyclic) bond motifs is 1. The molecule has 0 aromatic heterocycles. The number of nitrogens with two attached hydrogens (primary N) is 1. The average molecular weight is 345 g/mol. The SMILES string of the molecule is CC(C)NC(=O)c1ccccc1-c1cc(Cl)c2c(c1)C[C@H](CN)O2. The quantitative estimate of drug-likeness (QED) is 0.893. The van der Waals surface area contributed by atoms with E-state index >= 15 is 0 Å². The zero-order chi connectivity index (χ0) is 17.3. The van der Waals surface area contributed by atoms with E-state index in [1.165, 1.54) is 0 Å². The summed E-state index contributed by atoms with van der Waals surface area (Å²) >= 11 is 6.40. The van der Waals surface area contributed by atoms with Gasteiger partial charge in [-0.1, -0.05) is 29.8 Å². The second-order valence-corrected chi connectivity index (χ2v) is 6.71. The zero-order valence-corrected chi connectivity index (χ0v) is 14.6. The number of hydrogen-bond donors (Lipinski definition) is 2. The van der Waals surface area contributed by atoms with Crippen LogP contribution >= 0.6 is 11.6 Å². The summed E-state index contributed by atoms with van der Waals surface area (Å²) in [6, 6.07) is 11.5. The molecule has 1 heterocycles. The summed E-state index contributed by atoms with van der Waals surface area (Å²) < 4.78 is 5.77. The molecule has 24 heavy (non-hydrogen) atoms. The fourth-order valence-corrected chi connectivity index (χ4v) is 3.23. The number of ether oxygens (including phenoxy) is 1. The van der Waals surface area contributed by atoms with Crippen LogP contribution < -0.4 is 15.8 Å². The highest BCUT2D eigenvalue weighted by Gasteiger charge is 2.25. The van der Waals surface area contributed by atoms with E-state index in [9.17, 15) is 4.79 Å². The van der Waals surface area contributed by atoms with Gasteiger partial charge in [-0.3, -0.25) is 4.79 Å². The van der Waals surface area contributed by atoms with E-state index in [0.29, 0.717) is 22.9 Å². The second-order valence-electron chi connectivity index (χ2n) is 6.30. The lowest BCUT2D eigenvalue weighted by atomic mass is 9.96. The summed E-state index contributed by atoms with van der Waals surface area (Å²) in [5.41, 5.74) is 9.14. The number of hydrogen-bond acceptors (Lipinski definition) is 3. The van der Waals surface area contributed by atoms with Gasteiger partial charge in [-0.25, -0.2) is 0 Å². The number of amides is 1. The molecule has 0 spiro atoms. The highest BCUT2D eigenvalue weighted by Crippen LogP contribution is 2.40. The molecule has 2 aromatic carbocycles. The molecule has 2 aromatic rings. The Morgan fingerprint density at radius 3 is 2.83 bits per heavy atom. The first-order chi connectivity index (χ1) is 11.5. The summed E-state index contributed by atoms with van der Waals surface area (Å²) in [6.45, 7) is 4.34. The molecular weight excluding hydrogens is 324 g/mol. The van der Waals surface area contributed by atoms with Gasteiger partial charge in [-0.05, 0) is 43.2 Å². The van der Waals surface area contributed by atoms with Crippen molar-refractivity contribution in [3.8, 4) is 16.9 Å². The van der Waals surface area contributed by atoms with Crippen molar-refractivity contribution in [3.63, 3.8) is 0 Å². The van der Waals surface area contributed by atoms with Gasteiger partial charge in [0, 0.05) is 30.1 Å². The predicted octanol–water partition coefficient (Wildman–Crippen LogP) is 3.41. The van der Waals surface area contributed by atoms with Gasteiger partial charge in [0.15, 0.2) is 0 Å². The monoisotopic (exact) mass is 344 g/mol. The first-order valence-corrected chi connectivity index (χ1v) is 8.46. The molecule has 0 saturated carbocycles. The zero-order valence-electron chi connectivity index (χ0n) is 13.8. The first-order valence-electron chi connectivity index (χ1n) is 8.09. The van der Waals surface area contributed by atoms with Crippen molar-refractivity contribution < 1.29 is 9.53 Å². The normalized spacial score (nSPS) is 16.0. The van der Waals surface area contributed by atoms with E-state index in [0.717, 1.165) is 23.1 Å². The van der Waals surface area contributed by atoms with E-state index in [1.54, 1.807) is 0 Å². The van der Waals surface area contributed by atoms with Gasteiger partial charge in [0.2, 0.25) is 0 Å². The van der Waals surface area contributed by atoms with Crippen LogP contribution in [-0.4, -0.2) is 24.6 Å². The number of carbonyl (C=O) groups excluding carboxylic acids is 1. The fraction of sp³-hybridized carbons (Fsp3) is 0.316. The van der Waals surface area contributed by atoms with Crippen LogP contribution in [0, 0.1) is 0 Å². The van der Waals surface area contributed by atoms with Gasteiger partial charge in [0.1, 0.15) is 11.9 Å². The standard InChI is InChI=1S/C19H21ClN2O2/c1-11(2)22-19(23)16-6-4-3-5-15(16)12-7-13-8-14(10-21)24-18(13)17(20)9-12/h3-7,9,11,14H,8,10,21H2,1-2H3,(H,22,23)/t14-/m1/s1. The maximum atomic E-state index is 12.5. The van der Waals surface area contributed by atoms with E-state index in [1.807, 2.05) is 50.2 Å². The van der Waals surface area contributed by atoms with Crippen molar-refractivity contribution in [2.24, 2.45) is 5.73 Å². The van der Waals surface area contributed by atoms with Crippen LogP contribution in [0.1, 0.15) is 29.8 Å². The average Bonchev–Trinajstić information content (AvgIpc) is 2.98.